The standard InChI is InChI=1S/C13H14Br10O2/c14-10(15,8(24)12(18,19)20)6-4-2-1-3-5-7-11(16,17)9(25)13(21,22)23/h1-7H2. The van der Waals surface area contributed by atoms with Crippen LogP contribution in [0.4, 0.5) is 0 Å². The number of carbonyl (C=O) groups is 2. The van der Waals surface area contributed by atoms with Gasteiger partial charge in [-0.3, -0.25) is 9.59 Å². The summed E-state index contributed by atoms with van der Waals surface area (Å²) in [7, 11) is 0. The maximum Gasteiger partial charge on any atom is 0.198 e. The van der Waals surface area contributed by atoms with Crippen molar-refractivity contribution in [2.24, 2.45) is 0 Å². The third-order valence-electron chi connectivity index (χ3n) is 3.16. The lowest BCUT2D eigenvalue weighted by molar-refractivity contribution is -0.118. The van der Waals surface area contributed by atoms with Gasteiger partial charge in [-0.05, 0) is 12.8 Å². The Morgan fingerprint density at radius 1 is 0.480 bits per heavy atom. The normalized spacial score (nSPS) is 13.8. The summed E-state index contributed by atoms with van der Waals surface area (Å²) in [5.41, 5.74) is 0. The minimum absolute atomic E-state index is 0.0790. The second kappa shape index (κ2) is 12.2. The highest BCUT2D eigenvalue weighted by molar-refractivity contribution is 9.40. The molecule has 0 aromatic rings. The van der Waals surface area contributed by atoms with Crippen LogP contribution >= 0.6 is 159 Å². The summed E-state index contributed by atoms with van der Waals surface area (Å²) in [5.74, 6) is -0.158. The van der Waals surface area contributed by atoms with E-state index in [2.05, 4.69) is 159 Å². The zero-order chi connectivity index (χ0) is 20.1. The largest absolute Gasteiger partial charge is 0.294 e. The highest BCUT2D eigenvalue weighted by Gasteiger charge is 2.44. The number of halogens is 10. The number of rotatable bonds is 10. The van der Waals surface area contributed by atoms with Crippen LogP contribution < -0.4 is 0 Å². The van der Waals surface area contributed by atoms with Gasteiger partial charge < -0.3 is 0 Å². The summed E-state index contributed by atoms with van der Waals surface area (Å²) in [4.78, 5) is 24.4. The van der Waals surface area contributed by atoms with Crippen molar-refractivity contribution in [2.45, 2.75) is 55.7 Å². The molecule has 0 atom stereocenters. The van der Waals surface area contributed by atoms with Crippen LogP contribution in [0.1, 0.15) is 44.9 Å². The topological polar surface area (TPSA) is 34.1 Å². The lowest BCUT2D eigenvalue weighted by Gasteiger charge is -2.24. The molecule has 0 saturated carbocycles. The van der Waals surface area contributed by atoms with Gasteiger partial charge in [0.25, 0.3) is 0 Å². The Bertz CT molecular complexity index is 422. The fourth-order valence-corrected chi connectivity index (χ4v) is 9.40. The van der Waals surface area contributed by atoms with E-state index in [1.54, 1.807) is 0 Å². The van der Waals surface area contributed by atoms with Crippen molar-refractivity contribution >= 4 is 171 Å². The maximum atomic E-state index is 12.2. The third kappa shape index (κ3) is 11.9. The van der Waals surface area contributed by atoms with Crippen LogP contribution in [0.15, 0.2) is 0 Å². The molecule has 0 radical (unpaired) electrons. The molecule has 0 bridgehead atoms. The summed E-state index contributed by atoms with van der Waals surface area (Å²) in [5, 5.41) is 0. The minimum atomic E-state index is -0.933. The molecule has 0 fully saturated rings. The fourth-order valence-electron chi connectivity index (χ4n) is 1.87. The van der Waals surface area contributed by atoms with Gasteiger partial charge in [0.2, 0.25) is 0 Å². The van der Waals surface area contributed by atoms with Crippen molar-refractivity contribution in [3.8, 4) is 0 Å². The van der Waals surface area contributed by atoms with Gasteiger partial charge in [0.05, 0.1) is 0 Å². The second-order valence-corrected chi connectivity index (χ2v) is 26.4. The Kier molecular flexibility index (Phi) is 14.3. The monoisotopic (exact) mass is 991 g/mol. The average Bonchev–Trinajstić information content (AvgIpc) is 2.42. The van der Waals surface area contributed by atoms with Crippen molar-refractivity contribution in [3.63, 3.8) is 0 Å². The number of Topliss-reactive ketones (excluding diaryl/α,β-unsaturated/α-hetero) is 2. The molecule has 2 nitrogen and oxygen atoms in total. The number of unbranched alkanes of at least 4 members (excludes halogenated alkanes) is 4. The van der Waals surface area contributed by atoms with Crippen molar-refractivity contribution in [1.29, 1.82) is 0 Å². The second-order valence-electron chi connectivity index (χ2n) is 5.33. The fraction of sp³-hybridized carbons (Fsp3) is 0.846. The highest BCUT2D eigenvalue weighted by Crippen LogP contribution is 2.46. The average molecular weight is 1000 g/mol. The molecule has 0 rings (SSSR count). The van der Waals surface area contributed by atoms with Crippen molar-refractivity contribution in [3.05, 3.63) is 0 Å². The summed E-state index contributed by atoms with van der Waals surface area (Å²) in [6.07, 6.45) is 6.23. The third-order valence-corrected chi connectivity index (χ3v) is 8.35. The predicted octanol–water partition coefficient (Wildman–Crippen LogP) is 9.50. The zero-order valence-electron chi connectivity index (χ0n) is 12.5. The van der Waals surface area contributed by atoms with Gasteiger partial charge in [0.15, 0.2) is 15.9 Å². The molecule has 148 valence electrons. The van der Waals surface area contributed by atoms with E-state index in [4.69, 9.17) is 0 Å². The first kappa shape index (κ1) is 29.1. The van der Waals surface area contributed by atoms with Gasteiger partial charge in [-0.1, -0.05) is 191 Å². The first-order valence-corrected chi connectivity index (χ1v) is 14.9. The number of ketones is 2. The lowest BCUT2D eigenvalue weighted by atomic mass is 10.1. The van der Waals surface area contributed by atoms with Gasteiger partial charge in [-0.25, -0.2) is 0 Å². The SMILES string of the molecule is O=C(C(Br)(Br)Br)C(Br)(Br)CCCCCCCC(Br)(Br)C(=O)C(Br)(Br)Br. The van der Waals surface area contributed by atoms with Crippen LogP contribution in [0.25, 0.3) is 0 Å². The molecular formula is C13H14Br10O2. The van der Waals surface area contributed by atoms with Gasteiger partial charge in [0, 0.05) is 0 Å². The molecule has 0 saturated heterocycles. The molecule has 0 aromatic heterocycles. The van der Waals surface area contributed by atoms with E-state index in [0.717, 1.165) is 32.1 Å². The number of hydrogen-bond acceptors (Lipinski definition) is 2. The summed E-state index contributed by atoms with van der Waals surface area (Å²) >= 11 is 33.2. The number of alkyl halides is 10. The molecule has 0 aromatic carbocycles. The van der Waals surface area contributed by atoms with Crippen molar-refractivity contribution < 1.29 is 9.59 Å². The number of hydrogen-bond donors (Lipinski definition) is 0. The Morgan fingerprint density at radius 2 is 0.720 bits per heavy atom. The molecule has 0 spiro atoms. The Labute approximate surface area is 232 Å². The molecule has 0 aliphatic carbocycles. The highest BCUT2D eigenvalue weighted by atomic mass is 80.0. The molecule has 0 amide bonds. The summed E-state index contributed by atoms with van der Waals surface area (Å²) < 4.78 is -3.41. The van der Waals surface area contributed by atoms with Crippen LogP contribution in [-0.4, -0.2) is 22.3 Å². The zero-order valence-corrected chi connectivity index (χ0v) is 28.4. The van der Waals surface area contributed by atoms with Crippen LogP contribution in [0.3, 0.4) is 0 Å². The van der Waals surface area contributed by atoms with Crippen LogP contribution in [0, 0.1) is 0 Å². The Morgan fingerprint density at radius 3 is 0.960 bits per heavy atom. The van der Waals surface area contributed by atoms with E-state index in [0.29, 0.717) is 12.8 Å². The van der Waals surface area contributed by atoms with Gasteiger partial charge in [-0.15, -0.1) is 0 Å². The molecule has 0 aliphatic heterocycles. The van der Waals surface area contributed by atoms with Crippen molar-refractivity contribution in [1.82, 2.24) is 0 Å². The molecule has 25 heavy (non-hydrogen) atoms. The maximum absolute atomic E-state index is 12.2. The molecule has 0 heterocycles. The Hall–Kier alpha value is 4.14. The van der Waals surface area contributed by atoms with E-state index in [1.807, 2.05) is 0 Å². The molecule has 12 heteroatoms. The van der Waals surface area contributed by atoms with E-state index in [9.17, 15) is 9.59 Å². The number of carbonyl (C=O) groups excluding carboxylic acids is 2. The van der Waals surface area contributed by atoms with E-state index >= 15 is 0 Å². The lowest BCUT2D eigenvalue weighted by Crippen LogP contribution is -2.34. The van der Waals surface area contributed by atoms with Gasteiger partial charge in [-0.2, -0.15) is 0 Å². The predicted molar refractivity (Wildman–Crippen MR) is 143 cm³/mol. The van der Waals surface area contributed by atoms with Gasteiger partial charge >= 0.3 is 0 Å². The van der Waals surface area contributed by atoms with E-state index < -0.39 is 10.8 Å². The van der Waals surface area contributed by atoms with Crippen molar-refractivity contribution in [2.75, 3.05) is 0 Å². The quantitative estimate of drug-likeness (QED) is 0.162. The first-order valence-electron chi connectivity index (χ1n) is 7.01. The first-order chi connectivity index (χ1) is 11.0. The molecule has 0 aliphatic rings. The minimum Gasteiger partial charge on any atom is -0.294 e. The summed E-state index contributed by atoms with van der Waals surface area (Å²) in [6, 6.07) is 0. The molecule has 0 unspecified atom stereocenters. The van der Waals surface area contributed by atoms with E-state index in [1.165, 1.54) is 0 Å². The van der Waals surface area contributed by atoms with Crippen LogP contribution in [0.2, 0.25) is 0 Å². The Balaban J connectivity index is 4.09. The van der Waals surface area contributed by atoms with E-state index in [-0.39, 0.29) is 11.6 Å². The summed E-state index contributed by atoms with van der Waals surface area (Å²) in [6.45, 7) is 0. The smallest absolute Gasteiger partial charge is 0.198 e. The van der Waals surface area contributed by atoms with Crippen LogP contribution in [0.5, 0.6) is 0 Å². The molecular weight excluding hydrogens is 987 g/mol. The van der Waals surface area contributed by atoms with Gasteiger partial charge in [0.1, 0.15) is 6.47 Å². The van der Waals surface area contributed by atoms with Crippen LogP contribution in [-0.2, 0) is 9.59 Å². The molecule has 0 N–H and O–H groups in total.